The number of hydrogen-bond acceptors (Lipinski definition) is 4. The number of halogens is 2. The van der Waals surface area contributed by atoms with Crippen LogP contribution in [0.3, 0.4) is 0 Å². The van der Waals surface area contributed by atoms with E-state index in [1.54, 1.807) is 0 Å². The van der Waals surface area contributed by atoms with Crippen molar-refractivity contribution in [2.75, 3.05) is 12.3 Å². The molecule has 0 saturated heterocycles. The maximum atomic E-state index is 13.1. The number of nitrogens with two attached hydrogens (primary N) is 1. The first-order valence-corrected chi connectivity index (χ1v) is 7.01. The minimum Gasteiger partial charge on any atom is -0.491 e. The fourth-order valence-corrected chi connectivity index (χ4v) is 2.36. The molecule has 1 saturated carbocycles. The highest BCUT2D eigenvalue weighted by Crippen LogP contribution is 2.29. The normalized spacial score (nSPS) is 15.3. The van der Waals surface area contributed by atoms with E-state index in [4.69, 9.17) is 26.8 Å². The van der Waals surface area contributed by atoms with E-state index in [1.165, 1.54) is 6.07 Å². The van der Waals surface area contributed by atoms with Crippen LogP contribution in [0.15, 0.2) is 12.1 Å². The Kier molecular flexibility index (Phi) is 5.06. The molecule has 0 unspecified atom stereocenters. The summed E-state index contributed by atoms with van der Waals surface area (Å²) in [6.45, 7) is 0.121. The van der Waals surface area contributed by atoms with Gasteiger partial charge in [-0.15, -0.1) is 0 Å². The molecule has 2 N–H and O–H groups in total. The average molecular weight is 302 g/mol. The summed E-state index contributed by atoms with van der Waals surface area (Å²) in [4.78, 5) is 11.6. The number of rotatable bonds is 5. The van der Waals surface area contributed by atoms with Gasteiger partial charge in [-0.05, 0) is 31.7 Å². The van der Waals surface area contributed by atoms with Gasteiger partial charge in [-0.3, -0.25) is 4.79 Å². The minimum absolute atomic E-state index is 0.0436. The third kappa shape index (κ3) is 4.00. The molecule has 0 aromatic heterocycles. The van der Waals surface area contributed by atoms with Gasteiger partial charge in [-0.25, -0.2) is 4.39 Å². The molecule has 1 fully saturated rings. The van der Waals surface area contributed by atoms with E-state index < -0.39 is 5.82 Å². The van der Waals surface area contributed by atoms with Crippen molar-refractivity contribution >= 4 is 23.3 Å². The van der Waals surface area contributed by atoms with Gasteiger partial charge in [0, 0.05) is 6.07 Å². The fourth-order valence-electron chi connectivity index (χ4n) is 2.15. The average Bonchev–Trinajstić information content (AvgIpc) is 2.88. The summed E-state index contributed by atoms with van der Waals surface area (Å²) in [5, 5.41) is 0.126. The van der Waals surface area contributed by atoms with Crippen molar-refractivity contribution in [1.82, 2.24) is 0 Å². The van der Waals surface area contributed by atoms with Crippen LogP contribution < -0.4 is 10.5 Å². The van der Waals surface area contributed by atoms with E-state index in [0.29, 0.717) is 0 Å². The molecule has 0 amide bonds. The number of nitrogen functional groups attached to an aromatic ring is 1. The van der Waals surface area contributed by atoms with Crippen molar-refractivity contribution in [3.05, 3.63) is 23.0 Å². The summed E-state index contributed by atoms with van der Waals surface area (Å²) in [7, 11) is 0. The molecule has 0 atom stereocenters. The van der Waals surface area contributed by atoms with E-state index in [0.717, 1.165) is 31.7 Å². The highest BCUT2D eigenvalue weighted by atomic mass is 35.5. The Labute approximate surface area is 122 Å². The lowest BCUT2D eigenvalue weighted by Crippen LogP contribution is -2.16. The van der Waals surface area contributed by atoms with E-state index in [1.807, 2.05) is 0 Å². The van der Waals surface area contributed by atoms with Crippen LogP contribution in [-0.4, -0.2) is 18.7 Å². The molecule has 0 aliphatic heterocycles. The number of ether oxygens (including phenoxy) is 2. The molecule has 0 heterocycles. The van der Waals surface area contributed by atoms with E-state index >= 15 is 0 Å². The molecule has 20 heavy (non-hydrogen) atoms. The maximum Gasteiger partial charge on any atom is 0.309 e. The number of anilines is 1. The first-order chi connectivity index (χ1) is 9.56. The summed E-state index contributed by atoms with van der Waals surface area (Å²) in [5.74, 6) is -0.620. The summed E-state index contributed by atoms with van der Waals surface area (Å²) in [6, 6.07) is 2.39. The molecular formula is C14H17ClFNO3. The molecular weight excluding hydrogens is 285 g/mol. The molecule has 1 aliphatic carbocycles. The Morgan fingerprint density at radius 3 is 2.80 bits per heavy atom. The number of carbonyl (C=O) groups is 1. The van der Waals surface area contributed by atoms with Crippen LogP contribution in [0, 0.1) is 5.82 Å². The van der Waals surface area contributed by atoms with Gasteiger partial charge in [0.05, 0.1) is 23.7 Å². The second-order valence-corrected chi connectivity index (χ2v) is 5.21. The Hall–Kier alpha value is -1.49. The minimum atomic E-state index is -0.594. The number of esters is 1. The third-order valence-corrected chi connectivity index (χ3v) is 3.51. The quantitative estimate of drug-likeness (QED) is 0.669. The lowest BCUT2D eigenvalue weighted by atomic mass is 10.3. The van der Waals surface area contributed by atoms with E-state index in [-0.39, 0.29) is 41.6 Å². The van der Waals surface area contributed by atoms with E-state index in [2.05, 4.69) is 0 Å². The standard InChI is InChI=1S/C14H17ClFNO3/c15-10-7-11(16)12(17)8-13(10)19-6-5-14(18)20-9-3-1-2-4-9/h7-9H,1-6,17H2. The van der Waals surface area contributed by atoms with Gasteiger partial charge in [0.15, 0.2) is 0 Å². The molecule has 0 bridgehead atoms. The zero-order valence-electron chi connectivity index (χ0n) is 11.0. The second-order valence-electron chi connectivity index (χ2n) is 4.80. The summed E-state index contributed by atoms with van der Waals surface area (Å²) in [5.41, 5.74) is 5.38. The van der Waals surface area contributed by atoms with Crippen molar-refractivity contribution in [1.29, 1.82) is 0 Å². The molecule has 2 rings (SSSR count). The monoisotopic (exact) mass is 301 g/mol. The van der Waals surface area contributed by atoms with Crippen LogP contribution in [0.2, 0.25) is 5.02 Å². The highest BCUT2D eigenvalue weighted by Gasteiger charge is 2.19. The lowest BCUT2D eigenvalue weighted by Gasteiger charge is -2.12. The van der Waals surface area contributed by atoms with Gasteiger partial charge in [-0.2, -0.15) is 0 Å². The number of carbonyl (C=O) groups excluding carboxylic acids is 1. The van der Waals surface area contributed by atoms with Gasteiger partial charge < -0.3 is 15.2 Å². The Morgan fingerprint density at radius 2 is 2.10 bits per heavy atom. The second kappa shape index (κ2) is 6.79. The van der Waals surface area contributed by atoms with Crippen molar-refractivity contribution in [3.8, 4) is 5.75 Å². The summed E-state index contributed by atoms with van der Waals surface area (Å²) >= 11 is 5.82. The van der Waals surface area contributed by atoms with Crippen LogP contribution in [-0.2, 0) is 9.53 Å². The highest BCUT2D eigenvalue weighted by molar-refractivity contribution is 6.32. The molecule has 1 aliphatic rings. The predicted molar refractivity (Wildman–Crippen MR) is 74.3 cm³/mol. The van der Waals surface area contributed by atoms with Gasteiger partial charge >= 0.3 is 5.97 Å². The SMILES string of the molecule is Nc1cc(OCCC(=O)OC2CCCC2)c(Cl)cc1F. The van der Waals surface area contributed by atoms with Crippen molar-refractivity contribution in [3.63, 3.8) is 0 Å². The Bertz CT molecular complexity index is 490. The first kappa shape index (κ1) is 14.9. The van der Waals surface area contributed by atoms with Gasteiger partial charge in [-0.1, -0.05) is 11.6 Å². The molecule has 1 aromatic rings. The van der Waals surface area contributed by atoms with Gasteiger partial charge in [0.2, 0.25) is 0 Å². The van der Waals surface area contributed by atoms with Crippen molar-refractivity contribution < 1.29 is 18.7 Å². The van der Waals surface area contributed by atoms with Gasteiger partial charge in [0.25, 0.3) is 0 Å². The van der Waals surface area contributed by atoms with Crippen molar-refractivity contribution in [2.45, 2.75) is 38.2 Å². The number of benzene rings is 1. The van der Waals surface area contributed by atoms with E-state index in [9.17, 15) is 9.18 Å². The molecule has 6 heteroatoms. The predicted octanol–water partition coefficient (Wildman–Crippen LogP) is 3.32. The zero-order valence-corrected chi connectivity index (χ0v) is 11.8. The number of hydrogen-bond donors (Lipinski definition) is 1. The third-order valence-electron chi connectivity index (χ3n) is 3.22. The lowest BCUT2D eigenvalue weighted by molar-refractivity contribution is -0.149. The molecule has 0 spiro atoms. The smallest absolute Gasteiger partial charge is 0.309 e. The fraction of sp³-hybridized carbons (Fsp3) is 0.500. The van der Waals surface area contributed by atoms with Crippen LogP contribution in [0.5, 0.6) is 5.75 Å². The van der Waals surface area contributed by atoms with Crippen LogP contribution in [0.1, 0.15) is 32.1 Å². The van der Waals surface area contributed by atoms with Gasteiger partial charge in [0.1, 0.15) is 17.7 Å². The maximum absolute atomic E-state index is 13.1. The van der Waals surface area contributed by atoms with Crippen molar-refractivity contribution in [2.24, 2.45) is 0 Å². The van der Waals surface area contributed by atoms with Crippen LogP contribution >= 0.6 is 11.6 Å². The van der Waals surface area contributed by atoms with Crippen LogP contribution in [0.4, 0.5) is 10.1 Å². The molecule has 4 nitrogen and oxygen atoms in total. The largest absolute Gasteiger partial charge is 0.491 e. The summed E-state index contributed by atoms with van der Waals surface area (Å²) < 4.78 is 23.7. The molecule has 1 aromatic carbocycles. The Morgan fingerprint density at radius 1 is 1.40 bits per heavy atom. The Balaban J connectivity index is 1.77. The van der Waals surface area contributed by atoms with Crippen LogP contribution in [0.25, 0.3) is 0 Å². The molecule has 110 valence electrons. The summed E-state index contributed by atoms with van der Waals surface area (Å²) in [6.07, 6.45) is 4.27. The molecule has 0 radical (unpaired) electrons. The zero-order chi connectivity index (χ0) is 14.5. The first-order valence-electron chi connectivity index (χ1n) is 6.63. The topological polar surface area (TPSA) is 61.5 Å².